The van der Waals surface area contributed by atoms with E-state index in [4.69, 9.17) is 9.47 Å². The molecule has 82 valence electrons. The number of aryl methyl sites for hydroxylation is 1. The van der Waals surface area contributed by atoms with Crippen LogP contribution in [0.2, 0.25) is 0 Å². The number of methoxy groups -OCH3 is 1. The monoisotopic (exact) mass is 209 g/mol. The third kappa shape index (κ3) is 3.97. The van der Waals surface area contributed by atoms with Crippen molar-refractivity contribution in [3.8, 4) is 5.88 Å². The summed E-state index contributed by atoms with van der Waals surface area (Å²) in [5, 5.41) is 0. The molecule has 0 N–H and O–H groups in total. The molecule has 1 aromatic rings. The van der Waals surface area contributed by atoms with Crippen molar-refractivity contribution in [1.29, 1.82) is 0 Å². The number of carbonyl (C=O) groups excluding carboxylic acids is 1. The summed E-state index contributed by atoms with van der Waals surface area (Å²) < 4.78 is 9.82. The van der Waals surface area contributed by atoms with E-state index in [-0.39, 0.29) is 5.97 Å². The highest BCUT2D eigenvalue weighted by molar-refractivity contribution is 5.69. The zero-order valence-electron chi connectivity index (χ0n) is 9.03. The first-order chi connectivity index (χ1) is 7.26. The van der Waals surface area contributed by atoms with Gasteiger partial charge < -0.3 is 9.47 Å². The third-order valence-corrected chi connectivity index (χ3v) is 1.93. The van der Waals surface area contributed by atoms with Crippen LogP contribution < -0.4 is 4.74 Å². The molecule has 0 saturated carbocycles. The van der Waals surface area contributed by atoms with Gasteiger partial charge in [0, 0.05) is 18.7 Å². The van der Waals surface area contributed by atoms with Crippen molar-refractivity contribution in [3.05, 3.63) is 23.9 Å². The predicted molar refractivity (Wildman–Crippen MR) is 55.7 cm³/mol. The molecule has 0 atom stereocenters. The summed E-state index contributed by atoms with van der Waals surface area (Å²) in [6.07, 6.45) is 2.71. The average Bonchev–Trinajstić information content (AvgIpc) is 2.27. The molecule has 0 aliphatic heterocycles. The van der Waals surface area contributed by atoms with Gasteiger partial charge in [0.15, 0.2) is 0 Å². The maximum Gasteiger partial charge on any atom is 0.306 e. The SMILES string of the molecule is CCOC(=O)CCc1ccnc(OC)c1. The first-order valence-electron chi connectivity index (χ1n) is 4.90. The molecule has 0 radical (unpaired) electrons. The molecule has 0 saturated heterocycles. The summed E-state index contributed by atoms with van der Waals surface area (Å²) in [5.74, 6) is 0.393. The first kappa shape index (κ1) is 11.5. The molecule has 1 rings (SSSR count). The zero-order chi connectivity index (χ0) is 11.1. The molecule has 1 heterocycles. The van der Waals surface area contributed by atoms with Gasteiger partial charge in [-0.2, -0.15) is 0 Å². The van der Waals surface area contributed by atoms with Crippen molar-refractivity contribution in [2.24, 2.45) is 0 Å². The van der Waals surface area contributed by atoms with E-state index < -0.39 is 0 Å². The second-order valence-corrected chi connectivity index (χ2v) is 3.01. The van der Waals surface area contributed by atoms with Gasteiger partial charge in [-0.05, 0) is 25.0 Å². The van der Waals surface area contributed by atoms with E-state index in [0.29, 0.717) is 25.3 Å². The minimum Gasteiger partial charge on any atom is -0.481 e. The molecule has 0 fully saturated rings. The summed E-state index contributed by atoms with van der Waals surface area (Å²) in [5.41, 5.74) is 1.02. The molecule has 0 spiro atoms. The maximum absolute atomic E-state index is 11.1. The lowest BCUT2D eigenvalue weighted by molar-refractivity contribution is -0.143. The Morgan fingerprint density at radius 1 is 1.53 bits per heavy atom. The van der Waals surface area contributed by atoms with Crippen LogP contribution in [0.1, 0.15) is 18.9 Å². The van der Waals surface area contributed by atoms with Crippen LogP contribution in [0.5, 0.6) is 5.88 Å². The Kier molecular flexibility index (Phi) is 4.60. The van der Waals surface area contributed by atoms with Crippen LogP contribution in [-0.4, -0.2) is 24.7 Å². The predicted octanol–water partition coefficient (Wildman–Crippen LogP) is 1.59. The molecule has 1 aromatic heterocycles. The zero-order valence-corrected chi connectivity index (χ0v) is 9.03. The number of esters is 1. The molecule has 4 nitrogen and oxygen atoms in total. The molecule has 0 bridgehead atoms. The fourth-order valence-electron chi connectivity index (χ4n) is 1.20. The molecule has 0 aliphatic rings. The molecule has 0 amide bonds. The van der Waals surface area contributed by atoms with Crippen molar-refractivity contribution >= 4 is 5.97 Å². The van der Waals surface area contributed by atoms with Crippen molar-refractivity contribution in [1.82, 2.24) is 4.98 Å². The van der Waals surface area contributed by atoms with Crippen molar-refractivity contribution in [2.45, 2.75) is 19.8 Å². The number of nitrogens with zero attached hydrogens (tertiary/aromatic N) is 1. The Labute approximate surface area is 89.2 Å². The van der Waals surface area contributed by atoms with E-state index in [0.717, 1.165) is 5.56 Å². The third-order valence-electron chi connectivity index (χ3n) is 1.93. The van der Waals surface area contributed by atoms with Gasteiger partial charge in [0.1, 0.15) is 0 Å². The number of hydrogen-bond donors (Lipinski definition) is 0. The standard InChI is InChI=1S/C11H15NO3/c1-3-15-11(13)5-4-9-6-7-12-10(8-9)14-2/h6-8H,3-5H2,1-2H3. The average molecular weight is 209 g/mol. The number of pyridine rings is 1. The largest absolute Gasteiger partial charge is 0.481 e. The number of ether oxygens (including phenoxy) is 2. The normalized spacial score (nSPS) is 9.73. The Bertz CT molecular complexity index is 325. The van der Waals surface area contributed by atoms with Crippen LogP contribution in [0, 0.1) is 0 Å². The maximum atomic E-state index is 11.1. The highest BCUT2D eigenvalue weighted by Gasteiger charge is 2.03. The van der Waals surface area contributed by atoms with Crippen molar-refractivity contribution in [3.63, 3.8) is 0 Å². The van der Waals surface area contributed by atoms with Gasteiger partial charge in [-0.15, -0.1) is 0 Å². The van der Waals surface area contributed by atoms with Crippen LogP contribution in [-0.2, 0) is 16.0 Å². The quantitative estimate of drug-likeness (QED) is 0.691. The fourth-order valence-corrected chi connectivity index (χ4v) is 1.20. The van der Waals surface area contributed by atoms with E-state index in [2.05, 4.69) is 4.98 Å². The molecule has 0 aliphatic carbocycles. The van der Waals surface area contributed by atoms with Gasteiger partial charge in [0.2, 0.25) is 5.88 Å². The highest BCUT2D eigenvalue weighted by Crippen LogP contribution is 2.10. The Balaban J connectivity index is 2.46. The molecule has 0 aromatic carbocycles. The molecule has 15 heavy (non-hydrogen) atoms. The van der Waals surface area contributed by atoms with E-state index in [1.54, 1.807) is 20.2 Å². The highest BCUT2D eigenvalue weighted by atomic mass is 16.5. The van der Waals surface area contributed by atoms with Crippen LogP contribution >= 0.6 is 0 Å². The lowest BCUT2D eigenvalue weighted by atomic mass is 10.1. The fraction of sp³-hybridized carbons (Fsp3) is 0.455. The Morgan fingerprint density at radius 3 is 3.00 bits per heavy atom. The lowest BCUT2D eigenvalue weighted by Gasteiger charge is -2.03. The number of hydrogen-bond acceptors (Lipinski definition) is 4. The molecule has 0 unspecified atom stereocenters. The van der Waals surface area contributed by atoms with Gasteiger partial charge in [-0.25, -0.2) is 4.98 Å². The topological polar surface area (TPSA) is 48.4 Å². The summed E-state index contributed by atoms with van der Waals surface area (Å²) >= 11 is 0. The van der Waals surface area contributed by atoms with E-state index in [9.17, 15) is 4.79 Å². The van der Waals surface area contributed by atoms with Gasteiger partial charge in [-0.1, -0.05) is 0 Å². The first-order valence-corrected chi connectivity index (χ1v) is 4.90. The number of carbonyl (C=O) groups is 1. The van der Waals surface area contributed by atoms with E-state index in [1.165, 1.54) is 0 Å². The molecular formula is C11H15NO3. The molecular weight excluding hydrogens is 194 g/mol. The van der Waals surface area contributed by atoms with Gasteiger partial charge in [-0.3, -0.25) is 4.79 Å². The summed E-state index contributed by atoms with van der Waals surface area (Å²) in [6, 6.07) is 3.68. The minimum atomic E-state index is -0.173. The second-order valence-electron chi connectivity index (χ2n) is 3.01. The minimum absolute atomic E-state index is 0.173. The van der Waals surface area contributed by atoms with Crippen LogP contribution in [0.15, 0.2) is 18.3 Å². The Morgan fingerprint density at radius 2 is 2.33 bits per heavy atom. The lowest BCUT2D eigenvalue weighted by Crippen LogP contribution is -2.05. The van der Waals surface area contributed by atoms with Crippen LogP contribution in [0.4, 0.5) is 0 Å². The van der Waals surface area contributed by atoms with Gasteiger partial charge >= 0.3 is 5.97 Å². The van der Waals surface area contributed by atoms with Crippen LogP contribution in [0.25, 0.3) is 0 Å². The van der Waals surface area contributed by atoms with Crippen molar-refractivity contribution < 1.29 is 14.3 Å². The van der Waals surface area contributed by atoms with Gasteiger partial charge in [0.05, 0.1) is 13.7 Å². The smallest absolute Gasteiger partial charge is 0.306 e. The summed E-state index contributed by atoms with van der Waals surface area (Å²) in [7, 11) is 1.57. The van der Waals surface area contributed by atoms with Crippen molar-refractivity contribution in [2.75, 3.05) is 13.7 Å². The summed E-state index contributed by atoms with van der Waals surface area (Å²) in [4.78, 5) is 15.1. The van der Waals surface area contributed by atoms with E-state index >= 15 is 0 Å². The second kappa shape index (κ2) is 6.01. The summed E-state index contributed by atoms with van der Waals surface area (Å²) in [6.45, 7) is 2.23. The van der Waals surface area contributed by atoms with Crippen LogP contribution in [0.3, 0.4) is 0 Å². The number of rotatable bonds is 5. The molecule has 4 heteroatoms. The van der Waals surface area contributed by atoms with E-state index in [1.807, 2.05) is 12.1 Å². The Hall–Kier alpha value is -1.58. The van der Waals surface area contributed by atoms with Gasteiger partial charge in [0.25, 0.3) is 0 Å². The number of aromatic nitrogens is 1.